The molecular weight excluding hydrogens is 284 g/mol. The smallest absolute Gasteiger partial charge is 0.242 e. The molecule has 19 heavy (non-hydrogen) atoms. The third kappa shape index (κ3) is 3.61. The van der Waals surface area contributed by atoms with Gasteiger partial charge in [-0.05, 0) is 49.8 Å². The van der Waals surface area contributed by atoms with E-state index in [0.717, 1.165) is 25.7 Å². The van der Waals surface area contributed by atoms with Gasteiger partial charge < -0.3 is 5.73 Å². The molecule has 0 heterocycles. The van der Waals surface area contributed by atoms with Crippen LogP contribution in [0, 0.1) is 5.92 Å². The third-order valence-electron chi connectivity index (χ3n) is 3.58. The van der Waals surface area contributed by atoms with Crippen molar-refractivity contribution in [2.45, 2.75) is 43.5 Å². The van der Waals surface area contributed by atoms with E-state index in [2.05, 4.69) is 11.6 Å². The second-order valence-electron chi connectivity index (χ2n) is 5.27. The van der Waals surface area contributed by atoms with Crippen molar-refractivity contribution in [1.29, 1.82) is 0 Å². The van der Waals surface area contributed by atoms with Crippen LogP contribution >= 0.6 is 11.6 Å². The SMILES string of the molecule is CC1CCC(NS(=O)(=O)c2cc(N)ccc2Cl)CC1. The van der Waals surface area contributed by atoms with Gasteiger partial charge in [0.15, 0.2) is 0 Å². The van der Waals surface area contributed by atoms with Crippen LogP contribution in [0.4, 0.5) is 5.69 Å². The molecule has 1 aromatic rings. The van der Waals surface area contributed by atoms with E-state index in [1.165, 1.54) is 12.1 Å². The van der Waals surface area contributed by atoms with Gasteiger partial charge in [0, 0.05) is 11.7 Å². The van der Waals surface area contributed by atoms with Crippen LogP contribution in [0.25, 0.3) is 0 Å². The van der Waals surface area contributed by atoms with E-state index in [4.69, 9.17) is 17.3 Å². The first kappa shape index (κ1) is 14.6. The van der Waals surface area contributed by atoms with Gasteiger partial charge in [0.25, 0.3) is 0 Å². The Bertz CT molecular complexity index is 552. The van der Waals surface area contributed by atoms with Gasteiger partial charge >= 0.3 is 0 Å². The zero-order valence-corrected chi connectivity index (χ0v) is 12.5. The molecule has 0 aromatic heterocycles. The van der Waals surface area contributed by atoms with Crippen LogP contribution < -0.4 is 10.5 Å². The summed E-state index contributed by atoms with van der Waals surface area (Å²) < 4.78 is 27.3. The molecule has 1 aliphatic rings. The predicted octanol–water partition coefficient (Wildman–Crippen LogP) is 2.78. The molecule has 3 N–H and O–H groups in total. The van der Waals surface area contributed by atoms with Gasteiger partial charge in [-0.2, -0.15) is 0 Å². The minimum Gasteiger partial charge on any atom is -0.399 e. The Morgan fingerprint density at radius 3 is 2.53 bits per heavy atom. The summed E-state index contributed by atoms with van der Waals surface area (Å²) in [6, 6.07) is 4.49. The molecule has 106 valence electrons. The summed E-state index contributed by atoms with van der Waals surface area (Å²) in [7, 11) is -3.59. The van der Waals surface area contributed by atoms with Crippen molar-refractivity contribution in [3.05, 3.63) is 23.2 Å². The molecule has 1 aliphatic carbocycles. The van der Waals surface area contributed by atoms with Gasteiger partial charge in [-0.15, -0.1) is 0 Å². The second-order valence-corrected chi connectivity index (χ2v) is 7.36. The monoisotopic (exact) mass is 302 g/mol. The number of anilines is 1. The quantitative estimate of drug-likeness (QED) is 0.843. The van der Waals surface area contributed by atoms with E-state index < -0.39 is 10.0 Å². The summed E-state index contributed by atoms with van der Waals surface area (Å²) in [6.07, 6.45) is 3.86. The predicted molar refractivity (Wildman–Crippen MR) is 77.6 cm³/mol. The molecule has 0 saturated heterocycles. The summed E-state index contributed by atoms with van der Waals surface area (Å²) in [6.45, 7) is 2.19. The van der Waals surface area contributed by atoms with Crippen LogP contribution in [0.1, 0.15) is 32.6 Å². The van der Waals surface area contributed by atoms with Gasteiger partial charge in [0.05, 0.1) is 5.02 Å². The Morgan fingerprint density at radius 2 is 1.89 bits per heavy atom. The van der Waals surface area contributed by atoms with E-state index in [0.29, 0.717) is 11.6 Å². The van der Waals surface area contributed by atoms with Gasteiger partial charge in [-0.1, -0.05) is 18.5 Å². The number of nitrogens with two attached hydrogens (primary N) is 1. The number of sulfonamides is 1. The molecule has 0 amide bonds. The average Bonchev–Trinajstić information content (AvgIpc) is 2.35. The summed E-state index contributed by atoms with van der Waals surface area (Å²) in [4.78, 5) is 0.0628. The Balaban J connectivity index is 2.16. The van der Waals surface area contributed by atoms with Gasteiger partial charge in [-0.3, -0.25) is 0 Å². The summed E-state index contributed by atoms with van der Waals surface area (Å²) in [5.41, 5.74) is 6.02. The fourth-order valence-corrected chi connectivity index (χ4v) is 4.23. The molecule has 1 saturated carbocycles. The lowest BCUT2D eigenvalue weighted by Gasteiger charge is -2.26. The summed E-state index contributed by atoms with van der Waals surface area (Å²) >= 11 is 5.95. The molecule has 2 rings (SSSR count). The van der Waals surface area contributed by atoms with Crippen molar-refractivity contribution in [3.63, 3.8) is 0 Å². The first-order chi connectivity index (χ1) is 8.88. The number of hydrogen-bond donors (Lipinski definition) is 2. The Hall–Kier alpha value is -0.780. The van der Waals surface area contributed by atoms with E-state index in [1.54, 1.807) is 6.07 Å². The van der Waals surface area contributed by atoms with Gasteiger partial charge in [-0.25, -0.2) is 13.1 Å². The van der Waals surface area contributed by atoms with Crippen molar-refractivity contribution in [3.8, 4) is 0 Å². The summed E-state index contributed by atoms with van der Waals surface area (Å²) in [5, 5.41) is 0.200. The number of nitrogen functional groups attached to an aromatic ring is 1. The molecule has 4 nitrogen and oxygen atoms in total. The van der Waals surface area contributed by atoms with E-state index >= 15 is 0 Å². The first-order valence-corrected chi connectivity index (χ1v) is 8.32. The maximum atomic E-state index is 12.3. The van der Waals surface area contributed by atoms with Crippen LogP contribution in [0.3, 0.4) is 0 Å². The van der Waals surface area contributed by atoms with Crippen molar-refractivity contribution >= 4 is 27.3 Å². The number of nitrogens with one attached hydrogen (secondary N) is 1. The standard InChI is InChI=1S/C13H19ClN2O2S/c1-9-2-5-11(6-3-9)16-19(17,18)13-8-10(15)4-7-12(13)14/h4,7-9,11,16H,2-3,5-6,15H2,1H3. The van der Waals surface area contributed by atoms with E-state index in [1.807, 2.05) is 0 Å². The Morgan fingerprint density at radius 1 is 1.26 bits per heavy atom. The van der Waals surface area contributed by atoms with Crippen molar-refractivity contribution < 1.29 is 8.42 Å². The van der Waals surface area contributed by atoms with Crippen LogP contribution in [0.15, 0.2) is 23.1 Å². The third-order valence-corrected chi connectivity index (χ3v) is 5.58. The number of halogens is 1. The fraction of sp³-hybridized carbons (Fsp3) is 0.538. The fourth-order valence-electron chi connectivity index (χ4n) is 2.39. The molecule has 0 radical (unpaired) electrons. The highest BCUT2D eigenvalue weighted by atomic mass is 35.5. The normalized spacial score (nSPS) is 24.3. The lowest BCUT2D eigenvalue weighted by Crippen LogP contribution is -2.37. The highest BCUT2D eigenvalue weighted by Crippen LogP contribution is 2.27. The lowest BCUT2D eigenvalue weighted by atomic mass is 9.88. The topological polar surface area (TPSA) is 72.2 Å². The minimum atomic E-state index is -3.59. The maximum Gasteiger partial charge on any atom is 0.242 e. The molecule has 1 fully saturated rings. The first-order valence-electron chi connectivity index (χ1n) is 6.46. The average molecular weight is 303 g/mol. The minimum absolute atomic E-state index is 0.00121. The molecule has 0 unspecified atom stereocenters. The van der Waals surface area contributed by atoms with Gasteiger partial charge in [0.1, 0.15) is 4.90 Å². The zero-order chi connectivity index (χ0) is 14.0. The largest absolute Gasteiger partial charge is 0.399 e. The van der Waals surface area contributed by atoms with E-state index in [9.17, 15) is 8.42 Å². The van der Waals surface area contributed by atoms with Crippen molar-refractivity contribution in [2.75, 3.05) is 5.73 Å². The van der Waals surface area contributed by atoms with Crippen molar-refractivity contribution in [1.82, 2.24) is 4.72 Å². The molecule has 6 heteroatoms. The lowest BCUT2D eigenvalue weighted by molar-refractivity contribution is 0.332. The Labute approximate surface area is 119 Å². The number of rotatable bonds is 3. The molecule has 0 spiro atoms. The molecular formula is C13H19ClN2O2S. The zero-order valence-electron chi connectivity index (χ0n) is 10.9. The highest BCUT2D eigenvalue weighted by molar-refractivity contribution is 7.89. The maximum absolute atomic E-state index is 12.3. The van der Waals surface area contributed by atoms with Crippen LogP contribution in [-0.2, 0) is 10.0 Å². The molecule has 0 bridgehead atoms. The number of benzene rings is 1. The second kappa shape index (κ2) is 5.69. The van der Waals surface area contributed by atoms with Crippen LogP contribution in [0.2, 0.25) is 5.02 Å². The molecule has 0 aliphatic heterocycles. The van der Waals surface area contributed by atoms with E-state index in [-0.39, 0.29) is 16.0 Å². The highest BCUT2D eigenvalue weighted by Gasteiger charge is 2.25. The molecule has 1 aromatic carbocycles. The van der Waals surface area contributed by atoms with Gasteiger partial charge in [0.2, 0.25) is 10.0 Å². The Kier molecular flexibility index (Phi) is 4.38. The summed E-state index contributed by atoms with van der Waals surface area (Å²) in [5.74, 6) is 0.678. The van der Waals surface area contributed by atoms with Crippen LogP contribution in [-0.4, -0.2) is 14.5 Å². The number of hydrogen-bond acceptors (Lipinski definition) is 3. The molecule has 0 atom stereocenters. The van der Waals surface area contributed by atoms with Crippen molar-refractivity contribution in [2.24, 2.45) is 5.92 Å². The van der Waals surface area contributed by atoms with Crippen LogP contribution in [0.5, 0.6) is 0 Å².